The Balaban J connectivity index is 2.08. The molecule has 0 aromatic carbocycles. The third kappa shape index (κ3) is 3.50. The van der Waals surface area contributed by atoms with E-state index in [-0.39, 0.29) is 6.54 Å². The van der Waals surface area contributed by atoms with Crippen molar-refractivity contribution in [1.82, 2.24) is 20.3 Å². The second kappa shape index (κ2) is 5.30. The van der Waals surface area contributed by atoms with E-state index < -0.39 is 12.0 Å². The molecular formula is C7H13N5O2. The molecule has 0 bridgehead atoms. The van der Waals surface area contributed by atoms with E-state index in [1.165, 1.54) is 0 Å². The topological polar surface area (TPSA) is 106 Å². The molecule has 0 saturated heterocycles. The van der Waals surface area contributed by atoms with Crippen LogP contribution < -0.4 is 11.1 Å². The van der Waals surface area contributed by atoms with E-state index in [0.717, 1.165) is 0 Å². The predicted molar refractivity (Wildman–Crippen MR) is 48.5 cm³/mol. The van der Waals surface area contributed by atoms with Gasteiger partial charge in [-0.2, -0.15) is 0 Å². The Labute approximate surface area is 80.9 Å². The Morgan fingerprint density at radius 3 is 3.07 bits per heavy atom. The van der Waals surface area contributed by atoms with Crippen LogP contribution in [0.1, 0.15) is 0 Å². The third-order valence-corrected chi connectivity index (χ3v) is 1.67. The van der Waals surface area contributed by atoms with Crippen LogP contribution in [0.2, 0.25) is 0 Å². The van der Waals surface area contributed by atoms with E-state index in [1.54, 1.807) is 17.1 Å². The molecule has 1 aromatic heterocycles. The molecule has 4 N–H and O–H groups in total. The molecule has 0 radical (unpaired) electrons. The summed E-state index contributed by atoms with van der Waals surface area (Å²) in [5.41, 5.74) is 5.28. The fraction of sp³-hybridized carbons (Fsp3) is 0.571. The maximum Gasteiger partial charge on any atom is 0.321 e. The molecule has 7 heteroatoms. The van der Waals surface area contributed by atoms with Crippen LogP contribution >= 0.6 is 0 Å². The minimum absolute atomic E-state index is 0.254. The minimum atomic E-state index is -1.00. The molecule has 1 aromatic rings. The molecule has 0 amide bonds. The molecule has 1 rings (SSSR count). The quantitative estimate of drug-likeness (QED) is 0.470. The average molecular weight is 199 g/mol. The molecule has 0 saturated carbocycles. The summed E-state index contributed by atoms with van der Waals surface area (Å²) in [5.74, 6) is -1.00. The number of nitrogens with two attached hydrogens (primary N) is 1. The summed E-state index contributed by atoms with van der Waals surface area (Å²) in [6.07, 6.45) is 3.32. The second-order valence-corrected chi connectivity index (χ2v) is 2.81. The van der Waals surface area contributed by atoms with Crippen LogP contribution in [-0.2, 0) is 11.3 Å². The van der Waals surface area contributed by atoms with E-state index in [0.29, 0.717) is 13.1 Å². The predicted octanol–water partition coefficient (Wildman–Crippen LogP) is -1.72. The number of hydrogen-bond donors (Lipinski definition) is 3. The summed E-state index contributed by atoms with van der Waals surface area (Å²) >= 11 is 0. The summed E-state index contributed by atoms with van der Waals surface area (Å²) in [6, 6.07) is -0.856. The van der Waals surface area contributed by atoms with E-state index in [4.69, 9.17) is 10.8 Å². The molecule has 1 atom stereocenters. The van der Waals surface area contributed by atoms with Crippen molar-refractivity contribution in [2.75, 3.05) is 13.1 Å². The number of aromatic nitrogens is 3. The fourth-order valence-electron chi connectivity index (χ4n) is 0.890. The van der Waals surface area contributed by atoms with Gasteiger partial charge in [-0.1, -0.05) is 5.21 Å². The summed E-state index contributed by atoms with van der Waals surface area (Å²) in [5, 5.41) is 18.8. The maximum absolute atomic E-state index is 10.3. The molecule has 1 heterocycles. The first kappa shape index (κ1) is 10.6. The number of carboxylic acid groups (broad SMARTS) is 1. The van der Waals surface area contributed by atoms with E-state index in [9.17, 15) is 4.79 Å². The lowest BCUT2D eigenvalue weighted by molar-refractivity contribution is -0.138. The molecule has 7 nitrogen and oxygen atoms in total. The Morgan fingerprint density at radius 2 is 2.50 bits per heavy atom. The van der Waals surface area contributed by atoms with E-state index in [1.807, 2.05) is 0 Å². The second-order valence-electron chi connectivity index (χ2n) is 2.81. The highest BCUT2D eigenvalue weighted by atomic mass is 16.4. The van der Waals surface area contributed by atoms with Crippen molar-refractivity contribution in [3.05, 3.63) is 12.4 Å². The van der Waals surface area contributed by atoms with Crippen LogP contribution in [0.4, 0.5) is 0 Å². The molecule has 0 aliphatic carbocycles. The maximum atomic E-state index is 10.3. The molecule has 14 heavy (non-hydrogen) atoms. The lowest BCUT2D eigenvalue weighted by atomic mass is 10.3. The lowest BCUT2D eigenvalue weighted by Crippen LogP contribution is -2.41. The van der Waals surface area contributed by atoms with Crippen molar-refractivity contribution in [2.24, 2.45) is 5.73 Å². The van der Waals surface area contributed by atoms with Crippen molar-refractivity contribution in [3.63, 3.8) is 0 Å². The first-order valence-electron chi connectivity index (χ1n) is 4.23. The van der Waals surface area contributed by atoms with Gasteiger partial charge >= 0.3 is 5.97 Å². The number of carboxylic acids is 1. The fourth-order valence-corrected chi connectivity index (χ4v) is 0.890. The van der Waals surface area contributed by atoms with Gasteiger partial charge in [-0.15, -0.1) is 5.10 Å². The first-order chi connectivity index (χ1) is 6.70. The smallest absolute Gasteiger partial charge is 0.321 e. The highest BCUT2D eigenvalue weighted by Gasteiger charge is 2.09. The van der Waals surface area contributed by atoms with Crippen molar-refractivity contribution in [2.45, 2.75) is 12.6 Å². The largest absolute Gasteiger partial charge is 0.480 e. The van der Waals surface area contributed by atoms with Crippen LogP contribution in [0.25, 0.3) is 0 Å². The van der Waals surface area contributed by atoms with Crippen LogP contribution in [0.5, 0.6) is 0 Å². The summed E-state index contributed by atoms with van der Waals surface area (Å²) in [4.78, 5) is 10.3. The van der Waals surface area contributed by atoms with Crippen molar-refractivity contribution < 1.29 is 9.90 Å². The minimum Gasteiger partial charge on any atom is -0.480 e. The van der Waals surface area contributed by atoms with Gasteiger partial charge in [0.25, 0.3) is 0 Å². The zero-order chi connectivity index (χ0) is 10.4. The number of carbonyl (C=O) groups is 1. The molecular weight excluding hydrogens is 186 g/mol. The van der Waals surface area contributed by atoms with Crippen LogP contribution in [-0.4, -0.2) is 45.2 Å². The standard InChI is InChI=1S/C7H13N5O2/c8-6(7(13)14)5-9-1-3-12-4-2-10-11-12/h2,4,6,9H,1,3,5,8H2,(H,13,14). The number of rotatable bonds is 6. The van der Waals surface area contributed by atoms with Gasteiger partial charge in [0, 0.05) is 19.3 Å². The van der Waals surface area contributed by atoms with Gasteiger partial charge in [0.1, 0.15) is 6.04 Å². The Morgan fingerprint density at radius 1 is 1.71 bits per heavy atom. The number of nitrogens with one attached hydrogen (secondary N) is 1. The SMILES string of the molecule is NC(CNCCn1ccnn1)C(=O)O. The van der Waals surface area contributed by atoms with Gasteiger partial charge in [0.15, 0.2) is 0 Å². The molecule has 0 aliphatic heterocycles. The number of aliphatic carboxylic acids is 1. The first-order valence-corrected chi connectivity index (χ1v) is 4.23. The van der Waals surface area contributed by atoms with Crippen LogP contribution in [0.15, 0.2) is 12.4 Å². The molecule has 0 spiro atoms. The van der Waals surface area contributed by atoms with Gasteiger partial charge in [-0.05, 0) is 0 Å². The lowest BCUT2D eigenvalue weighted by Gasteiger charge is -2.07. The summed E-state index contributed by atoms with van der Waals surface area (Å²) in [6.45, 7) is 1.51. The zero-order valence-corrected chi connectivity index (χ0v) is 7.63. The monoisotopic (exact) mass is 199 g/mol. The highest BCUT2D eigenvalue weighted by Crippen LogP contribution is 1.80. The summed E-state index contributed by atoms with van der Waals surface area (Å²) < 4.78 is 1.65. The van der Waals surface area contributed by atoms with Gasteiger partial charge in [0.05, 0.1) is 12.7 Å². The average Bonchev–Trinajstić information content (AvgIpc) is 2.64. The summed E-state index contributed by atoms with van der Waals surface area (Å²) in [7, 11) is 0. The highest BCUT2D eigenvalue weighted by molar-refractivity contribution is 5.73. The van der Waals surface area contributed by atoms with Crippen molar-refractivity contribution >= 4 is 5.97 Å². The van der Waals surface area contributed by atoms with E-state index in [2.05, 4.69) is 15.6 Å². The number of hydrogen-bond acceptors (Lipinski definition) is 5. The van der Waals surface area contributed by atoms with Crippen LogP contribution in [0, 0.1) is 0 Å². The van der Waals surface area contributed by atoms with Crippen molar-refractivity contribution in [1.29, 1.82) is 0 Å². The van der Waals surface area contributed by atoms with E-state index >= 15 is 0 Å². The normalized spacial score (nSPS) is 12.6. The molecule has 0 fully saturated rings. The Bertz CT molecular complexity index is 274. The van der Waals surface area contributed by atoms with Gasteiger partial charge in [-0.3, -0.25) is 9.48 Å². The molecule has 0 aliphatic rings. The Hall–Kier alpha value is -1.47. The van der Waals surface area contributed by atoms with Gasteiger partial charge < -0.3 is 16.2 Å². The Kier molecular flexibility index (Phi) is 4.02. The number of nitrogens with zero attached hydrogens (tertiary/aromatic N) is 3. The molecule has 78 valence electrons. The van der Waals surface area contributed by atoms with Crippen LogP contribution in [0.3, 0.4) is 0 Å². The van der Waals surface area contributed by atoms with Crippen molar-refractivity contribution in [3.8, 4) is 0 Å². The van der Waals surface area contributed by atoms with Gasteiger partial charge in [0.2, 0.25) is 0 Å². The van der Waals surface area contributed by atoms with Gasteiger partial charge in [-0.25, -0.2) is 0 Å². The third-order valence-electron chi connectivity index (χ3n) is 1.67. The zero-order valence-electron chi connectivity index (χ0n) is 7.63. The molecule has 1 unspecified atom stereocenters.